The Labute approximate surface area is 94.1 Å². The summed E-state index contributed by atoms with van der Waals surface area (Å²) in [6, 6.07) is 0.654. The first-order valence-corrected chi connectivity index (χ1v) is 6.15. The van der Waals surface area contributed by atoms with Gasteiger partial charge in [0.25, 0.3) is 0 Å². The zero-order valence-corrected chi connectivity index (χ0v) is 10.2. The fraction of sp³-hybridized carbons (Fsp3) is 0.846. The Balaban J connectivity index is 1.96. The predicted octanol–water partition coefficient (Wildman–Crippen LogP) is 2.75. The van der Waals surface area contributed by atoms with Gasteiger partial charge in [-0.2, -0.15) is 0 Å². The van der Waals surface area contributed by atoms with Crippen molar-refractivity contribution in [2.75, 3.05) is 19.8 Å². The highest BCUT2D eigenvalue weighted by Crippen LogP contribution is 2.27. The number of nitrogens with one attached hydrogen (secondary N) is 1. The minimum Gasteiger partial charge on any atom is -0.376 e. The molecule has 1 rings (SSSR count). The average molecular weight is 211 g/mol. The molecule has 0 aromatic rings. The van der Waals surface area contributed by atoms with Crippen molar-refractivity contribution in [2.24, 2.45) is 5.92 Å². The predicted molar refractivity (Wildman–Crippen MR) is 65.1 cm³/mol. The van der Waals surface area contributed by atoms with Gasteiger partial charge in [-0.05, 0) is 32.6 Å². The van der Waals surface area contributed by atoms with Gasteiger partial charge in [-0.1, -0.05) is 25.0 Å². The third kappa shape index (κ3) is 5.33. The summed E-state index contributed by atoms with van der Waals surface area (Å²) in [6.45, 7) is 10.6. The van der Waals surface area contributed by atoms with Gasteiger partial charge in [0, 0.05) is 12.6 Å². The molecule has 1 saturated carbocycles. The Morgan fingerprint density at radius 1 is 1.47 bits per heavy atom. The lowest BCUT2D eigenvalue weighted by atomic mass is 10.00. The van der Waals surface area contributed by atoms with Crippen LogP contribution in [0.5, 0.6) is 0 Å². The third-order valence-electron chi connectivity index (χ3n) is 3.17. The van der Waals surface area contributed by atoms with Gasteiger partial charge in [-0.25, -0.2) is 0 Å². The van der Waals surface area contributed by atoms with E-state index in [1.54, 1.807) is 0 Å². The van der Waals surface area contributed by atoms with Crippen molar-refractivity contribution >= 4 is 0 Å². The van der Waals surface area contributed by atoms with Crippen LogP contribution in [0, 0.1) is 5.92 Å². The Hall–Kier alpha value is -0.340. The summed E-state index contributed by atoms with van der Waals surface area (Å²) < 4.78 is 5.45. The SMILES string of the molecule is C=C(C)COCCNC(C)C1CCCC1. The van der Waals surface area contributed by atoms with Crippen LogP contribution in [0.1, 0.15) is 39.5 Å². The van der Waals surface area contributed by atoms with E-state index in [0.29, 0.717) is 12.6 Å². The molecule has 1 fully saturated rings. The Kier molecular flexibility index (Phi) is 5.96. The van der Waals surface area contributed by atoms with Crippen molar-refractivity contribution < 1.29 is 4.74 Å². The number of hydrogen-bond acceptors (Lipinski definition) is 2. The van der Waals surface area contributed by atoms with Crippen molar-refractivity contribution in [1.29, 1.82) is 0 Å². The van der Waals surface area contributed by atoms with E-state index in [0.717, 1.165) is 24.6 Å². The van der Waals surface area contributed by atoms with Crippen LogP contribution in [-0.4, -0.2) is 25.8 Å². The second kappa shape index (κ2) is 7.02. The maximum atomic E-state index is 5.45. The number of rotatable bonds is 7. The molecule has 1 N–H and O–H groups in total. The molecule has 1 unspecified atom stereocenters. The summed E-state index contributed by atoms with van der Waals surface area (Å²) in [5.41, 5.74) is 1.10. The Morgan fingerprint density at radius 2 is 2.13 bits per heavy atom. The van der Waals surface area contributed by atoms with Crippen molar-refractivity contribution in [3.05, 3.63) is 12.2 Å². The van der Waals surface area contributed by atoms with Crippen molar-refractivity contribution in [2.45, 2.75) is 45.6 Å². The smallest absolute Gasteiger partial charge is 0.0672 e. The van der Waals surface area contributed by atoms with Gasteiger partial charge < -0.3 is 10.1 Å². The van der Waals surface area contributed by atoms with Gasteiger partial charge in [0.1, 0.15) is 0 Å². The van der Waals surface area contributed by atoms with Crippen LogP contribution >= 0.6 is 0 Å². The fourth-order valence-corrected chi connectivity index (χ4v) is 2.23. The second-order valence-corrected chi connectivity index (χ2v) is 4.80. The molecule has 0 amide bonds. The Bertz CT molecular complexity index is 185. The summed E-state index contributed by atoms with van der Waals surface area (Å²) in [6.07, 6.45) is 5.65. The van der Waals surface area contributed by atoms with E-state index >= 15 is 0 Å². The lowest BCUT2D eigenvalue weighted by Gasteiger charge is -2.20. The largest absolute Gasteiger partial charge is 0.376 e. The average Bonchev–Trinajstić information content (AvgIpc) is 2.69. The second-order valence-electron chi connectivity index (χ2n) is 4.80. The highest BCUT2D eigenvalue weighted by Gasteiger charge is 2.20. The Morgan fingerprint density at radius 3 is 2.73 bits per heavy atom. The molecule has 0 radical (unpaired) electrons. The first-order chi connectivity index (χ1) is 7.20. The highest BCUT2D eigenvalue weighted by molar-refractivity contribution is 4.87. The van der Waals surface area contributed by atoms with Gasteiger partial charge in [0.15, 0.2) is 0 Å². The molecule has 2 nitrogen and oxygen atoms in total. The van der Waals surface area contributed by atoms with Crippen LogP contribution in [0.25, 0.3) is 0 Å². The number of ether oxygens (including phenoxy) is 1. The molecule has 1 aliphatic carbocycles. The van der Waals surface area contributed by atoms with E-state index in [2.05, 4.69) is 18.8 Å². The van der Waals surface area contributed by atoms with Gasteiger partial charge in [-0.3, -0.25) is 0 Å². The van der Waals surface area contributed by atoms with Crippen LogP contribution in [0.3, 0.4) is 0 Å². The molecule has 0 aromatic heterocycles. The molecule has 0 spiro atoms. The summed E-state index contributed by atoms with van der Waals surface area (Å²) >= 11 is 0. The third-order valence-corrected chi connectivity index (χ3v) is 3.17. The quantitative estimate of drug-likeness (QED) is 0.516. The van der Waals surface area contributed by atoms with Gasteiger partial charge in [-0.15, -0.1) is 0 Å². The monoisotopic (exact) mass is 211 g/mol. The highest BCUT2D eigenvalue weighted by atomic mass is 16.5. The standard InChI is InChI=1S/C13H25NO/c1-11(2)10-15-9-8-14-12(3)13-6-4-5-7-13/h12-14H,1,4-10H2,2-3H3. The first kappa shape index (κ1) is 12.7. The normalized spacial score (nSPS) is 19.3. The van der Waals surface area contributed by atoms with Crippen LogP contribution < -0.4 is 5.32 Å². The van der Waals surface area contributed by atoms with Gasteiger partial charge >= 0.3 is 0 Å². The minimum atomic E-state index is 0.654. The molecular formula is C13H25NO. The molecule has 0 aromatic carbocycles. The fourth-order valence-electron chi connectivity index (χ4n) is 2.23. The summed E-state index contributed by atoms with van der Waals surface area (Å²) in [5.74, 6) is 0.895. The number of hydrogen-bond donors (Lipinski definition) is 1. The molecule has 1 atom stereocenters. The molecule has 15 heavy (non-hydrogen) atoms. The van der Waals surface area contributed by atoms with Crippen LogP contribution in [0.15, 0.2) is 12.2 Å². The molecular weight excluding hydrogens is 186 g/mol. The molecule has 0 heterocycles. The van der Waals surface area contributed by atoms with E-state index in [4.69, 9.17) is 4.74 Å². The maximum Gasteiger partial charge on any atom is 0.0672 e. The van der Waals surface area contributed by atoms with E-state index in [1.165, 1.54) is 25.7 Å². The molecule has 88 valence electrons. The van der Waals surface area contributed by atoms with Crippen LogP contribution in [-0.2, 0) is 4.74 Å². The van der Waals surface area contributed by atoms with E-state index in [-0.39, 0.29) is 0 Å². The summed E-state index contributed by atoms with van der Waals surface area (Å²) in [7, 11) is 0. The topological polar surface area (TPSA) is 21.3 Å². The van der Waals surface area contributed by atoms with Crippen molar-refractivity contribution in [3.8, 4) is 0 Å². The molecule has 0 bridgehead atoms. The van der Waals surface area contributed by atoms with Crippen LogP contribution in [0.2, 0.25) is 0 Å². The lowest BCUT2D eigenvalue weighted by molar-refractivity contribution is 0.153. The zero-order valence-electron chi connectivity index (χ0n) is 10.2. The lowest BCUT2D eigenvalue weighted by Crippen LogP contribution is -2.34. The van der Waals surface area contributed by atoms with Crippen molar-refractivity contribution in [3.63, 3.8) is 0 Å². The van der Waals surface area contributed by atoms with E-state index in [1.807, 2.05) is 6.92 Å². The summed E-state index contributed by atoms with van der Waals surface area (Å²) in [5, 5.41) is 3.54. The van der Waals surface area contributed by atoms with Gasteiger partial charge in [0.05, 0.1) is 13.2 Å². The first-order valence-electron chi connectivity index (χ1n) is 6.15. The van der Waals surface area contributed by atoms with E-state index in [9.17, 15) is 0 Å². The molecule has 1 aliphatic rings. The molecule has 0 saturated heterocycles. The van der Waals surface area contributed by atoms with Gasteiger partial charge in [0.2, 0.25) is 0 Å². The van der Waals surface area contributed by atoms with Crippen molar-refractivity contribution in [1.82, 2.24) is 5.32 Å². The molecule has 2 heteroatoms. The van der Waals surface area contributed by atoms with Crippen LogP contribution in [0.4, 0.5) is 0 Å². The molecule has 0 aliphatic heterocycles. The van der Waals surface area contributed by atoms with E-state index < -0.39 is 0 Å². The summed E-state index contributed by atoms with van der Waals surface area (Å²) in [4.78, 5) is 0. The zero-order chi connectivity index (χ0) is 11.1. The minimum absolute atomic E-state index is 0.654. The maximum absolute atomic E-state index is 5.45.